The van der Waals surface area contributed by atoms with Gasteiger partial charge in [0.05, 0.1) is 16.7 Å². The summed E-state index contributed by atoms with van der Waals surface area (Å²) in [7, 11) is 0. The van der Waals surface area contributed by atoms with Crippen LogP contribution in [0.25, 0.3) is 0 Å². The van der Waals surface area contributed by atoms with Crippen LogP contribution in [-0.2, 0) is 6.42 Å². The molecule has 0 aliphatic heterocycles. The minimum atomic E-state index is 0.148. The van der Waals surface area contributed by atoms with Crippen LogP contribution in [0.5, 0.6) is 5.75 Å². The van der Waals surface area contributed by atoms with E-state index in [1.807, 2.05) is 12.1 Å². The predicted octanol–water partition coefficient (Wildman–Crippen LogP) is 4.06. The Kier molecular flexibility index (Phi) is 4.77. The van der Waals surface area contributed by atoms with Gasteiger partial charge in [0.15, 0.2) is 5.75 Å². The van der Waals surface area contributed by atoms with Gasteiger partial charge >= 0.3 is 0 Å². The zero-order valence-corrected chi connectivity index (χ0v) is 12.1. The molecule has 1 aliphatic carbocycles. The van der Waals surface area contributed by atoms with Gasteiger partial charge in [0.1, 0.15) is 0 Å². The Morgan fingerprint density at radius 1 is 1.33 bits per heavy atom. The Morgan fingerprint density at radius 3 is 2.44 bits per heavy atom. The Hall–Kier alpha value is -0.440. The maximum Gasteiger partial charge on any atom is 0.156 e. The van der Waals surface area contributed by atoms with E-state index in [0.717, 1.165) is 18.4 Å². The van der Waals surface area contributed by atoms with Crippen LogP contribution >= 0.6 is 23.2 Å². The lowest BCUT2D eigenvalue weighted by Crippen LogP contribution is -2.21. The second kappa shape index (κ2) is 6.14. The van der Waals surface area contributed by atoms with Gasteiger partial charge in [-0.1, -0.05) is 30.1 Å². The summed E-state index contributed by atoms with van der Waals surface area (Å²) < 4.78 is 5.68. The predicted molar refractivity (Wildman–Crippen MR) is 76.7 cm³/mol. The highest BCUT2D eigenvalue weighted by molar-refractivity contribution is 6.37. The van der Waals surface area contributed by atoms with E-state index < -0.39 is 0 Å². The highest BCUT2D eigenvalue weighted by Crippen LogP contribution is 2.37. The Bertz CT molecular complexity index is 395. The highest BCUT2D eigenvalue weighted by Gasteiger charge is 2.23. The van der Waals surface area contributed by atoms with Gasteiger partial charge < -0.3 is 10.5 Å². The van der Waals surface area contributed by atoms with Crippen LogP contribution in [-0.4, -0.2) is 12.6 Å². The highest BCUT2D eigenvalue weighted by atomic mass is 35.5. The van der Waals surface area contributed by atoms with Crippen LogP contribution in [0.15, 0.2) is 12.1 Å². The molecule has 1 fully saturated rings. The molecule has 0 heterocycles. The lowest BCUT2D eigenvalue weighted by atomic mass is 10.0. The lowest BCUT2D eigenvalue weighted by Gasteiger charge is -2.13. The van der Waals surface area contributed by atoms with Gasteiger partial charge in [-0.25, -0.2) is 0 Å². The van der Waals surface area contributed by atoms with E-state index in [2.05, 4.69) is 6.92 Å². The molecule has 1 unspecified atom stereocenters. The largest absolute Gasteiger partial charge is 0.490 e. The SMILES string of the molecule is CCC(N)Cc1cc(Cl)c(OCC2CC2)c(Cl)c1. The molecule has 1 atom stereocenters. The minimum Gasteiger partial charge on any atom is -0.490 e. The van der Waals surface area contributed by atoms with Gasteiger partial charge in [-0.2, -0.15) is 0 Å². The van der Waals surface area contributed by atoms with E-state index in [1.54, 1.807) is 0 Å². The van der Waals surface area contributed by atoms with Crippen molar-refractivity contribution in [2.45, 2.75) is 38.6 Å². The van der Waals surface area contributed by atoms with Crippen molar-refractivity contribution in [2.24, 2.45) is 11.7 Å². The average molecular weight is 288 g/mol. The summed E-state index contributed by atoms with van der Waals surface area (Å²) in [6, 6.07) is 3.96. The van der Waals surface area contributed by atoms with Crippen molar-refractivity contribution in [1.82, 2.24) is 0 Å². The van der Waals surface area contributed by atoms with Gasteiger partial charge in [-0.15, -0.1) is 0 Å². The number of rotatable bonds is 6. The molecule has 2 N–H and O–H groups in total. The molecule has 100 valence electrons. The van der Waals surface area contributed by atoms with Crippen molar-refractivity contribution in [3.05, 3.63) is 27.7 Å². The van der Waals surface area contributed by atoms with Crippen molar-refractivity contribution >= 4 is 23.2 Å². The van der Waals surface area contributed by atoms with E-state index in [-0.39, 0.29) is 6.04 Å². The summed E-state index contributed by atoms with van der Waals surface area (Å²) >= 11 is 12.4. The molecule has 2 nitrogen and oxygen atoms in total. The molecule has 0 aromatic heterocycles. The first kappa shape index (κ1) is 14.0. The van der Waals surface area contributed by atoms with E-state index >= 15 is 0 Å². The molecule has 18 heavy (non-hydrogen) atoms. The Morgan fingerprint density at radius 2 is 1.94 bits per heavy atom. The zero-order chi connectivity index (χ0) is 13.1. The standard InChI is InChI=1S/C14H19Cl2NO/c1-2-11(17)5-10-6-12(15)14(13(16)7-10)18-8-9-3-4-9/h6-7,9,11H,2-5,8,17H2,1H3. The average Bonchev–Trinajstić information content (AvgIpc) is 3.11. The summed E-state index contributed by atoms with van der Waals surface area (Å²) in [5.74, 6) is 1.30. The molecule has 1 aromatic rings. The summed E-state index contributed by atoms with van der Waals surface area (Å²) in [4.78, 5) is 0. The summed E-state index contributed by atoms with van der Waals surface area (Å²) in [5.41, 5.74) is 7.00. The lowest BCUT2D eigenvalue weighted by molar-refractivity contribution is 0.300. The summed E-state index contributed by atoms with van der Waals surface area (Å²) in [6.45, 7) is 2.79. The molecule has 1 aliphatic rings. The number of hydrogen-bond donors (Lipinski definition) is 1. The molecular weight excluding hydrogens is 269 g/mol. The fraction of sp³-hybridized carbons (Fsp3) is 0.571. The molecule has 1 saturated carbocycles. The molecule has 0 spiro atoms. The summed E-state index contributed by atoms with van der Waals surface area (Å²) in [5, 5.41) is 1.17. The van der Waals surface area contributed by atoms with E-state index in [1.165, 1.54) is 12.8 Å². The van der Waals surface area contributed by atoms with Crippen LogP contribution in [0.4, 0.5) is 0 Å². The molecule has 4 heteroatoms. The van der Waals surface area contributed by atoms with Crippen molar-refractivity contribution < 1.29 is 4.74 Å². The monoisotopic (exact) mass is 287 g/mol. The Labute approximate surface area is 118 Å². The molecular formula is C14H19Cl2NO. The first-order valence-corrected chi connectivity index (χ1v) is 7.22. The smallest absolute Gasteiger partial charge is 0.156 e. The third kappa shape index (κ3) is 3.78. The molecule has 0 saturated heterocycles. The fourth-order valence-corrected chi connectivity index (χ4v) is 2.44. The quantitative estimate of drug-likeness (QED) is 0.856. The topological polar surface area (TPSA) is 35.2 Å². The van der Waals surface area contributed by atoms with Gasteiger partial charge in [-0.3, -0.25) is 0 Å². The molecule has 0 amide bonds. The van der Waals surface area contributed by atoms with Gasteiger partial charge in [0.25, 0.3) is 0 Å². The zero-order valence-electron chi connectivity index (χ0n) is 10.6. The van der Waals surface area contributed by atoms with Crippen molar-refractivity contribution in [3.8, 4) is 5.75 Å². The fourth-order valence-electron chi connectivity index (χ4n) is 1.80. The van der Waals surface area contributed by atoms with Gasteiger partial charge in [0, 0.05) is 6.04 Å². The van der Waals surface area contributed by atoms with E-state index in [4.69, 9.17) is 33.7 Å². The van der Waals surface area contributed by atoms with Gasteiger partial charge in [0.2, 0.25) is 0 Å². The van der Waals surface area contributed by atoms with Crippen molar-refractivity contribution in [1.29, 1.82) is 0 Å². The number of nitrogens with two attached hydrogens (primary N) is 1. The maximum atomic E-state index is 6.21. The molecule has 1 aromatic carbocycles. The third-order valence-corrected chi connectivity index (χ3v) is 3.80. The molecule has 0 radical (unpaired) electrons. The van der Waals surface area contributed by atoms with Crippen LogP contribution in [0.3, 0.4) is 0 Å². The van der Waals surface area contributed by atoms with Crippen LogP contribution < -0.4 is 10.5 Å². The molecule has 2 rings (SSSR count). The summed E-state index contributed by atoms with van der Waals surface area (Å²) in [6.07, 6.45) is 4.23. The number of halogens is 2. The maximum absolute atomic E-state index is 6.21. The van der Waals surface area contributed by atoms with Crippen LogP contribution in [0.2, 0.25) is 10.0 Å². The van der Waals surface area contributed by atoms with E-state index in [9.17, 15) is 0 Å². The minimum absolute atomic E-state index is 0.148. The second-order valence-electron chi connectivity index (χ2n) is 5.02. The Balaban J connectivity index is 2.06. The van der Waals surface area contributed by atoms with Crippen molar-refractivity contribution in [2.75, 3.05) is 6.61 Å². The first-order chi connectivity index (χ1) is 8.60. The number of ether oxygens (including phenoxy) is 1. The van der Waals surface area contributed by atoms with Crippen LogP contribution in [0.1, 0.15) is 31.7 Å². The number of hydrogen-bond acceptors (Lipinski definition) is 2. The first-order valence-electron chi connectivity index (χ1n) is 6.46. The van der Waals surface area contributed by atoms with E-state index in [0.29, 0.717) is 28.3 Å². The normalized spacial score (nSPS) is 16.7. The van der Waals surface area contributed by atoms with Crippen molar-refractivity contribution in [3.63, 3.8) is 0 Å². The van der Waals surface area contributed by atoms with Crippen LogP contribution in [0, 0.1) is 5.92 Å². The third-order valence-electron chi connectivity index (χ3n) is 3.24. The molecule has 0 bridgehead atoms. The second-order valence-corrected chi connectivity index (χ2v) is 5.83. The van der Waals surface area contributed by atoms with Gasteiger partial charge in [-0.05, 0) is 49.3 Å². The number of benzene rings is 1.